The van der Waals surface area contributed by atoms with E-state index in [1.807, 2.05) is 6.92 Å². The SMILES string of the molecule is C[C@H]1CN(S(=O)(=O)N(C)C)CCN1. The minimum Gasteiger partial charge on any atom is -0.312 e. The van der Waals surface area contributed by atoms with Crippen LogP contribution in [0.1, 0.15) is 6.92 Å². The van der Waals surface area contributed by atoms with E-state index in [9.17, 15) is 8.42 Å². The molecule has 1 saturated heterocycles. The molecule has 1 atom stereocenters. The molecular weight excluding hydrogens is 190 g/mol. The molecule has 13 heavy (non-hydrogen) atoms. The van der Waals surface area contributed by atoms with Crippen molar-refractivity contribution in [2.45, 2.75) is 13.0 Å². The van der Waals surface area contributed by atoms with Crippen molar-refractivity contribution < 1.29 is 8.42 Å². The Balaban J connectivity index is 2.71. The first-order valence-electron chi connectivity index (χ1n) is 4.35. The second-order valence-corrected chi connectivity index (χ2v) is 5.65. The summed E-state index contributed by atoms with van der Waals surface area (Å²) < 4.78 is 26.1. The van der Waals surface area contributed by atoms with Crippen LogP contribution < -0.4 is 5.32 Å². The van der Waals surface area contributed by atoms with Crippen LogP contribution in [0.4, 0.5) is 0 Å². The van der Waals surface area contributed by atoms with Crippen LogP contribution in [0.2, 0.25) is 0 Å². The van der Waals surface area contributed by atoms with E-state index in [2.05, 4.69) is 5.32 Å². The highest BCUT2D eigenvalue weighted by molar-refractivity contribution is 7.86. The lowest BCUT2D eigenvalue weighted by Crippen LogP contribution is -2.53. The van der Waals surface area contributed by atoms with Crippen LogP contribution in [0.3, 0.4) is 0 Å². The highest BCUT2D eigenvalue weighted by Gasteiger charge is 2.28. The molecule has 1 fully saturated rings. The molecule has 0 unspecified atom stereocenters. The van der Waals surface area contributed by atoms with Crippen LogP contribution in [0.25, 0.3) is 0 Å². The third-order valence-corrected chi connectivity index (χ3v) is 4.03. The second-order valence-electron chi connectivity index (χ2n) is 3.50. The smallest absolute Gasteiger partial charge is 0.281 e. The first kappa shape index (κ1) is 10.9. The summed E-state index contributed by atoms with van der Waals surface area (Å²) in [5.74, 6) is 0. The van der Waals surface area contributed by atoms with Crippen molar-refractivity contribution in [3.8, 4) is 0 Å². The quantitative estimate of drug-likeness (QED) is 0.637. The monoisotopic (exact) mass is 207 g/mol. The fourth-order valence-corrected chi connectivity index (χ4v) is 2.53. The van der Waals surface area contributed by atoms with Crippen LogP contribution in [0.15, 0.2) is 0 Å². The molecule has 78 valence electrons. The first-order valence-corrected chi connectivity index (χ1v) is 5.75. The number of rotatable bonds is 2. The highest BCUT2D eigenvalue weighted by atomic mass is 32.2. The molecule has 0 aromatic heterocycles. The molecule has 0 radical (unpaired) electrons. The topological polar surface area (TPSA) is 52.7 Å². The fourth-order valence-electron chi connectivity index (χ4n) is 1.34. The molecule has 0 amide bonds. The average molecular weight is 207 g/mol. The van der Waals surface area contributed by atoms with E-state index >= 15 is 0 Å². The van der Waals surface area contributed by atoms with Crippen molar-refractivity contribution in [3.63, 3.8) is 0 Å². The van der Waals surface area contributed by atoms with Crippen molar-refractivity contribution in [2.75, 3.05) is 33.7 Å². The molecule has 0 saturated carbocycles. The molecule has 0 aromatic rings. The van der Waals surface area contributed by atoms with Crippen molar-refractivity contribution in [1.82, 2.24) is 13.9 Å². The second kappa shape index (κ2) is 3.91. The van der Waals surface area contributed by atoms with E-state index in [4.69, 9.17) is 0 Å². The van der Waals surface area contributed by atoms with Gasteiger partial charge in [-0.15, -0.1) is 0 Å². The van der Waals surface area contributed by atoms with E-state index in [-0.39, 0.29) is 6.04 Å². The summed E-state index contributed by atoms with van der Waals surface area (Å²) in [7, 11) is -0.0911. The van der Waals surface area contributed by atoms with Gasteiger partial charge in [-0.1, -0.05) is 0 Å². The van der Waals surface area contributed by atoms with Gasteiger partial charge >= 0.3 is 0 Å². The van der Waals surface area contributed by atoms with E-state index in [1.165, 1.54) is 8.61 Å². The lowest BCUT2D eigenvalue weighted by molar-refractivity contribution is 0.294. The van der Waals surface area contributed by atoms with E-state index in [0.29, 0.717) is 13.1 Å². The number of nitrogens with zero attached hydrogens (tertiary/aromatic N) is 2. The molecule has 1 aliphatic heterocycles. The maximum absolute atomic E-state index is 11.7. The number of hydrogen-bond donors (Lipinski definition) is 1. The van der Waals surface area contributed by atoms with Gasteiger partial charge in [0.05, 0.1) is 0 Å². The van der Waals surface area contributed by atoms with Gasteiger partial charge in [-0.25, -0.2) is 0 Å². The van der Waals surface area contributed by atoms with Crippen LogP contribution in [-0.4, -0.2) is 56.8 Å². The maximum atomic E-state index is 11.7. The Morgan fingerprint density at radius 3 is 2.54 bits per heavy atom. The Labute approximate surface area is 79.9 Å². The lowest BCUT2D eigenvalue weighted by Gasteiger charge is -2.32. The van der Waals surface area contributed by atoms with Gasteiger partial charge in [-0.05, 0) is 6.92 Å². The Morgan fingerprint density at radius 1 is 1.46 bits per heavy atom. The molecule has 0 aliphatic carbocycles. The molecule has 0 aromatic carbocycles. The summed E-state index contributed by atoms with van der Waals surface area (Å²) in [5.41, 5.74) is 0. The maximum Gasteiger partial charge on any atom is 0.281 e. The zero-order valence-electron chi connectivity index (χ0n) is 8.32. The molecule has 1 heterocycles. The van der Waals surface area contributed by atoms with Gasteiger partial charge in [-0.2, -0.15) is 17.0 Å². The van der Waals surface area contributed by atoms with E-state index in [0.717, 1.165) is 6.54 Å². The van der Waals surface area contributed by atoms with Crippen LogP contribution >= 0.6 is 0 Å². The molecule has 1 aliphatic rings. The van der Waals surface area contributed by atoms with Crippen LogP contribution in [-0.2, 0) is 10.2 Å². The van der Waals surface area contributed by atoms with Gasteiger partial charge in [0, 0.05) is 39.8 Å². The predicted molar refractivity (Wildman–Crippen MR) is 51.6 cm³/mol. The molecule has 1 rings (SSSR count). The van der Waals surface area contributed by atoms with Gasteiger partial charge in [0.25, 0.3) is 10.2 Å². The Hall–Kier alpha value is -0.170. The molecule has 0 bridgehead atoms. The Bertz CT molecular complexity index is 263. The Kier molecular flexibility index (Phi) is 3.28. The van der Waals surface area contributed by atoms with Crippen molar-refractivity contribution in [3.05, 3.63) is 0 Å². The fraction of sp³-hybridized carbons (Fsp3) is 1.00. The van der Waals surface area contributed by atoms with Crippen molar-refractivity contribution >= 4 is 10.2 Å². The lowest BCUT2D eigenvalue weighted by atomic mass is 10.3. The minimum atomic E-state index is -3.21. The molecular formula is C7H17N3O2S. The molecule has 0 spiro atoms. The van der Waals surface area contributed by atoms with Gasteiger partial charge in [-0.3, -0.25) is 0 Å². The van der Waals surface area contributed by atoms with Gasteiger partial charge in [0.15, 0.2) is 0 Å². The van der Waals surface area contributed by atoms with Gasteiger partial charge < -0.3 is 5.32 Å². The summed E-state index contributed by atoms with van der Waals surface area (Å²) in [5, 5.41) is 3.20. The van der Waals surface area contributed by atoms with Gasteiger partial charge in [0.2, 0.25) is 0 Å². The predicted octanol–water partition coefficient (Wildman–Crippen LogP) is -0.913. The average Bonchev–Trinajstić information content (AvgIpc) is 2.04. The standard InChI is InChI=1S/C7H17N3O2S/c1-7-6-10(5-4-8-7)13(11,12)9(2)3/h7-8H,4-6H2,1-3H3/t7-/m0/s1. The highest BCUT2D eigenvalue weighted by Crippen LogP contribution is 2.07. The van der Waals surface area contributed by atoms with Crippen LogP contribution in [0.5, 0.6) is 0 Å². The number of piperazine rings is 1. The number of nitrogens with one attached hydrogen (secondary N) is 1. The summed E-state index contributed by atoms with van der Waals surface area (Å²) >= 11 is 0. The van der Waals surface area contributed by atoms with Crippen LogP contribution in [0, 0.1) is 0 Å². The Morgan fingerprint density at radius 2 is 2.08 bits per heavy atom. The van der Waals surface area contributed by atoms with Crippen molar-refractivity contribution in [2.24, 2.45) is 0 Å². The van der Waals surface area contributed by atoms with E-state index in [1.54, 1.807) is 14.1 Å². The first-order chi connectivity index (χ1) is 5.94. The summed E-state index contributed by atoms with van der Waals surface area (Å²) in [4.78, 5) is 0. The normalized spacial score (nSPS) is 26.6. The minimum absolute atomic E-state index is 0.239. The van der Waals surface area contributed by atoms with Gasteiger partial charge in [0.1, 0.15) is 0 Å². The van der Waals surface area contributed by atoms with E-state index < -0.39 is 10.2 Å². The number of hydrogen-bond acceptors (Lipinski definition) is 3. The molecule has 6 heteroatoms. The molecule has 1 N–H and O–H groups in total. The third kappa shape index (κ3) is 2.40. The third-order valence-electron chi connectivity index (χ3n) is 2.12. The zero-order chi connectivity index (χ0) is 10.1. The zero-order valence-corrected chi connectivity index (χ0v) is 9.13. The van der Waals surface area contributed by atoms with Crippen molar-refractivity contribution in [1.29, 1.82) is 0 Å². The summed E-state index contributed by atoms with van der Waals surface area (Å²) in [6.45, 7) is 3.83. The summed E-state index contributed by atoms with van der Waals surface area (Å²) in [6, 6.07) is 0.239. The molecule has 5 nitrogen and oxygen atoms in total. The largest absolute Gasteiger partial charge is 0.312 e. The summed E-state index contributed by atoms with van der Waals surface area (Å²) in [6.07, 6.45) is 0.